The maximum Gasteiger partial charge on any atom is 0.126 e. The molecule has 0 saturated heterocycles. The fourth-order valence-electron chi connectivity index (χ4n) is 1.87. The van der Waals surface area contributed by atoms with E-state index < -0.39 is 6.10 Å². The van der Waals surface area contributed by atoms with Crippen molar-refractivity contribution in [1.29, 1.82) is 0 Å². The molecule has 1 nitrogen and oxygen atoms in total. The fraction of sp³-hybridized carbons (Fsp3) is 0.200. The second kappa shape index (κ2) is 4.68. The van der Waals surface area contributed by atoms with Crippen LogP contribution in [0.15, 0.2) is 42.5 Å². The van der Waals surface area contributed by atoms with Crippen molar-refractivity contribution in [2.45, 2.75) is 20.0 Å². The van der Waals surface area contributed by atoms with E-state index in [1.807, 2.05) is 31.2 Å². The lowest BCUT2D eigenvalue weighted by Gasteiger charge is -2.13. The molecule has 0 bridgehead atoms. The highest BCUT2D eigenvalue weighted by atomic mass is 19.1. The van der Waals surface area contributed by atoms with Crippen LogP contribution in [0.5, 0.6) is 0 Å². The van der Waals surface area contributed by atoms with E-state index >= 15 is 0 Å². The van der Waals surface area contributed by atoms with E-state index in [0.29, 0.717) is 5.56 Å². The van der Waals surface area contributed by atoms with Crippen molar-refractivity contribution in [2.24, 2.45) is 0 Å². The monoisotopic (exact) mass is 230 g/mol. The Morgan fingerprint density at radius 2 is 1.71 bits per heavy atom. The molecule has 1 N–H and O–H groups in total. The quantitative estimate of drug-likeness (QED) is 0.836. The molecule has 0 fully saturated rings. The zero-order chi connectivity index (χ0) is 12.4. The highest BCUT2D eigenvalue weighted by molar-refractivity contribution is 5.34. The summed E-state index contributed by atoms with van der Waals surface area (Å²) in [7, 11) is 0. The maximum absolute atomic E-state index is 13.1. The van der Waals surface area contributed by atoms with Gasteiger partial charge in [-0.2, -0.15) is 0 Å². The molecule has 88 valence electrons. The number of aryl methyl sites for hydroxylation is 2. The summed E-state index contributed by atoms with van der Waals surface area (Å²) >= 11 is 0. The minimum Gasteiger partial charge on any atom is -0.384 e. The van der Waals surface area contributed by atoms with E-state index in [0.717, 1.165) is 16.7 Å². The van der Waals surface area contributed by atoms with Crippen LogP contribution < -0.4 is 0 Å². The Hall–Kier alpha value is -1.67. The number of hydrogen-bond acceptors (Lipinski definition) is 1. The van der Waals surface area contributed by atoms with Crippen molar-refractivity contribution in [3.05, 3.63) is 70.5 Å². The molecular formula is C15H15FO. The second-order valence-corrected chi connectivity index (χ2v) is 4.33. The zero-order valence-electron chi connectivity index (χ0n) is 9.94. The molecule has 0 aliphatic heterocycles. The molecule has 0 heterocycles. The van der Waals surface area contributed by atoms with E-state index in [4.69, 9.17) is 0 Å². The van der Waals surface area contributed by atoms with E-state index in [-0.39, 0.29) is 5.82 Å². The molecule has 2 rings (SSSR count). The number of aliphatic hydroxyl groups is 1. The van der Waals surface area contributed by atoms with Gasteiger partial charge in [0.25, 0.3) is 0 Å². The number of hydrogen-bond donors (Lipinski definition) is 1. The van der Waals surface area contributed by atoms with Crippen molar-refractivity contribution >= 4 is 0 Å². The van der Waals surface area contributed by atoms with E-state index in [1.54, 1.807) is 19.1 Å². The SMILES string of the molecule is Cc1cccc(C(O)c2ccc(F)c(C)c2)c1. The Bertz CT molecular complexity index is 534. The van der Waals surface area contributed by atoms with Crippen LogP contribution >= 0.6 is 0 Å². The molecule has 0 aromatic heterocycles. The Morgan fingerprint density at radius 3 is 2.35 bits per heavy atom. The highest BCUT2D eigenvalue weighted by Crippen LogP contribution is 2.24. The van der Waals surface area contributed by atoms with Crippen LogP contribution in [0.4, 0.5) is 4.39 Å². The minimum absolute atomic E-state index is 0.245. The highest BCUT2D eigenvalue weighted by Gasteiger charge is 2.11. The van der Waals surface area contributed by atoms with E-state index in [9.17, 15) is 9.50 Å². The Labute approximate surface area is 101 Å². The molecule has 1 atom stereocenters. The Morgan fingerprint density at radius 1 is 1.00 bits per heavy atom. The third kappa shape index (κ3) is 2.53. The Balaban J connectivity index is 2.36. The van der Waals surface area contributed by atoms with Gasteiger partial charge in [-0.05, 0) is 36.6 Å². The topological polar surface area (TPSA) is 20.2 Å². The summed E-state index contributed by atoms with van der Waals surface area (Å²) in [4.78, 5) is 0. The van der Waals surface area contributed by atoms with Crippen LogP contribution in [0, 0.1) is 19.7 Å². The van der Waals surface area contributed by atoms with Gasteiger partial charge in [0, 0.05) is 0 Å². The van der Waals surface area contributed by atoms with Crippen molar-refractivity contribution in [3.63, 3.8) is 0 Å². The van der Waals surface area contributed by atoms with Crippen LogP contribution in [-0.2, 0) is 0 Å². The molecule has 2 aromatic carbocycles. The fourth-order valence-corrected chi connectivity index (χ4v) is 1.87. The molecule has 2 aromatic rings. The summed E-state index contributed by atoms with van der Waals surface area (Å²) in [6.07, 6.45) is -0.700. The number of rotatable bonds is 2. The van der Waals surface area contributed by atoms with Crippen LogP contribution in [-0.4, -0.2) is 5.11 Å². The first-order valence-corrected chi connectivity index (χ1v) is 5.58. The molecule has 1 unspecified atom stereocenters. The molecule has 0 aliphatic rings. The number of aliphatic hydroxyl groups excluding tert-OH is 1. The third-order valence-electron chi connectivity index (χ3n) is 2.86. The maximum atomic E-state index is 13.1. The predicted octanol–water partition coefficient (Wildman–Crippen LogP) is 3.52. The molecular weight excluding hydrogens is 215 g/mol. The summed E-state index contributed by atoms with van der Waals surface area (Å²) in [5.41, 5.74) is 3.19. The van der Waals surface area contributed by atoms with Crippen LogP contribution in [0.1, 0.15) is 28.4 Å². The van der Waals surface area contributed by atoms with E-state index in [1.165, 1.54) is 6.07 Å². The van der Waals surface area contributed by atoms with Gasteiger partial charge in [0.05, 0.1) is 0 Å². The van der Waals surface area contributed by atoms with Crippen LogP contribution in [0.2, 0.25) is 0 Å². The molecule has 0 aliphatic carbocycles. The zero-order valence-corrected chi connectivity index (χ0v) is 9.94. The predicted molar refractivity (Wildman–Crippen MR) is 66.4 cm³/mol. The van der Waals surface area contributed by atoms with E-state index in [2.05, 4.69) is 0 Å². The summed E-state index contributed by atoms with van der Waals surface area (Å²) in [5.74, 6) is -0.245. The van der Waals surface area contributed by atoms with Gasteiger partial charge < -0.3 is 5.11 Å². The molecule has 2 heteroatoms. The molecule has 17 heavy (non-hydrogen) atoms. The third-order valence-corrected chi connectivity index (χ3v) is 2.86. The lowest BCUT2D eigenvalue weighted by Crippen LogP contribution is -2.01. The standard InChI is InChI=1S/C15H15FO/c1-10-4-3-5-12(8-10)15(17)13-6-7-14(16)11(2)9-13/h3-9,15,17H,1-2H3. The van der Waals surface area contributed by atoms with Gasteiger partial charge in [-0.15, -0.1) is 0 Å². The lowest BCUT2D eigenvalue weighted by molar-refractivity contribution is 0.220. The largest absolute Gasteiger partial charge is 0.384 e. The average Bonchev–Trinajstić information content (AvgIpc) is 2.32. The molecule has 0 spiro atoms. The van der Waals surface area contributed by atoms with Crippen LogP contribution in [0.3, 0.4) is 0 Å². The minimum atomic E-state index is -0.700. The first kappa shape index (κ1) is 11.8. The number of halogens is 1. The van der Waals surface area contributed by atoms with Crippen LogP contribution in [0.25, 0.3) is 0 Å². The first-order chi connectivity index (χ1) is 8.08. The number of benzene rings is 2. The normalized spacial score (nSPS) is 12.5. The molecule has 0 amide bonds. The Kier molecular flexibility index (Phi) is 3.25. The van der Waals surface area contributed by atoms with Crippen molar-refractivity contribution < 1.29 is 9.50 Å². The second-order valence-electron chi connectivity index (χ2n) is 4.33. The summed E-state index contributed by atoms with van der Waals surface area (Å²) in [5, 5.41) is 10.2. The van der Waals surface area contributed by atoms with Gasteiger partial charge in [-0.1, -0.05) is 42.0 Å². The van der Waals surface area contributed by atoms with Gasteiger partial charge in [0.2, 0.25) is 0 Å². The van der Waals surface area contributed by atoms with Gasteiger partial charge in [0.1, 0.15) is 11.9 Å². The summed E-state index contributed by atoms with van der Waals surface area (Å²) in [6, 6.07) is 12.4. The van der Waals surface area contributed by atoms with Gasteiger partial charge >= 0.3 is 0 Å². The van der Waals surface area contributed by atoms with Gasteiger partial charge in [-0.3, -0.25) is 0 Å². The lowest BCUT2D eigenvalue weighted by atomic mass is 9.98. The summed E-state index contributed by atoms with van der Waals surface area (Å²) in [6.45, 7) is 3.67. The summed E-state index contributed by atoms with van der Waals surface area (Å²) < 4.78 is 13.1. The van der Waals surface area contributed by atoms with Gasteiger partial charge in [-0.25, -0.2) is 4.39 Å². The smallest absolute Gasteiger partial charge is 0.126 e. The van der Waals surface area contributed by atoms with Crippen molar-refractivity contribution in [3.8, 4) is 0 Å². The molecule has 0 saturated carbocycles. The molecule has 0 radical (unpaired) electrons. The first-order valence-electron chi connectivity index (χ1n) is 5.58. The average molecular weight is 230 g/mol. The van der Waals surface area contributed by atoms with Crippen molar-refractivity contribution in [1.82, 2.24) is 0 Å². The van der Waals surface area contributed by atoms with Gasteiger partial charge in [0.15, 0.2) is 0 Å². The van der Waals surface area contributed by atoms with Crippen molar-refractivity contribution in [2.75, 3.05) is 0 Å².